The van der Waals surface area contributed by atoms with E-state index in [9.17, 15) is 19.7 Å². The molecule has 2 aromatic heterocycles. The number of allylic oxidation sites excluding steroid dienone is 1. The predicted molar refractivity (Wildman–Crippen MR) is 147 cm³/mol. The molecule has 0 saturated carbocycles. The van der Waals surface area contributed by atoms with Crippen molar-refractivity contribution in [3.8, 4) is 11.3 Å². The lowest BCUT2D eigenvalue weighted by Crippen LogP contribution is -2.39. The predicted octanol–water partition coefficient (Wildman–Crippen LogP) is 4.93. The normalized spacial score (nSPS) is 15.2. The number of non-ortho nitro benzene ring substituents is 1. The van der Waals surface area contributed by atoms with Crippen molar-refractivity contribution in [2.24, 2.45) is 4.99 Å². The zero-order valence-corrected chi connectivity index (χ0v) is 22.7. The summed E-state index contributed by atoms with van der Waals surface area (Å²) in [5.74, 6) is 0.288. The molecule has 0 spiro atoms. The second-order valence-electron chi connectivity index (χ2n) is 8.81. The summed E-state index contributed by atoms with van der Waals surface area (Å²) in [7, 11) is 0. The van der Waals surface area contributed by atoms with Gasteiger partial charge in [0.1, 0.15) is 11.5 Å². The highest BCUT2D eigenvalue weighted by molar-refractivity contribution is 7.07. The van der Waals surface area contributed by atoms with Gasteiger partial charge in [-0.3, -0.25) is 19.5 Å². The van der Waals surface area contributed by atoms with Crippen molar-refractivity contribution in [2.75, 3.05) is 6.61 Å². The second-order valence-corrected chi connectivity index (χ2v) is 10.3. The Morgan fingerprint density at radius 3 is 2.64 bits per heavy atom. The Morgan fingerprint density at radius 2 is 1.95 bits per heavy atom. The molecule has 39 heavy (non-hydrogen) atoms. The van der Waals surface area contributed by atoms with Gasteiger partial charge < -0.3 is 9.15 Å². The van der Waals surface area contributed by atoms with Crippen molar-refractivity contribution in [2.45, 2.75) is 26.8 Å². The Bertz CT molecular complexity index is 1830. The van der Waals surface area contributed by atoms with E-state index >= 15 is 0 Å². The van der Waals surface area contributed by atoms with Crippen LogP contribution in [0, 0.1) is 17.0 Å². The number of halogens is 1. The zero-order chi connectivity index (χ0) is 27.8. The van der Waals surface area contributed by atoms with Crippen LogP contribution in [0.5, 0.6) is 0 Å². The highest BCUT2D eigenvalue weighted by atomic mass is 35.5. The van der Waals surface area contributed by atoms with Crippen LogP contribution < -0.4 is 14.9 Å². The summed E-state index contributed by atoms with van der Waals surface area (Å²) in [6.45, 7) is 5.44. The molecule has 9 nitrogen and oxygen atoms in total. The molecule has 2 aromatic carbocycles. The number of thiazole rings is 1. The molecule has 0 saturated heterocycles. The second kappa shape index (κ2) is 10.5. The lowest BCUT2D eigenvalue weighted by Gasteiger charge is -2.24. The highest BCUT2D eigenvalue weighted by Crippen LogP contribution is 2.32. The summed E-state index contributed by atoms with van der Waals surface area (Å²) in [6.07, 6.45) is 1.60. The fourth-order valence-corrected chi connectivity index (χ4v) is 5.60. The fourth-order valence-electron chi connectivity index (χ4n) is 4.45. The molecule has 1 unspecified atom stereocenters. The molecule has 198 valence electrons. The van der Waals surface area contributed by atoms with Crippen LogP contribution in [-0.4, -0.2) is 22.1 Å². The number of fused-ring (bicyclic) bond motifs is 1. The Balaban J connectivity index is 1.62. The molecule has 1 aliphatic heterocycles. The molecule has 1 atom stereocenters. The van der Waals surface area contributed by atoms with Crippen molar-refractivity contribution in [3.05, 3.63) is 118 Å². The minimum atomic E-state index is -0.751. The van der Waals surface area contributed by atoms with E-state index in [1.165, 1.54) is 28.0 Å². The summed E-state index contributed by atoms with van der Waals surface area (Å²) >= 11 is 7.27. The van der Waals surface area contributed by atoms with Crippen LogP contribution >= 0.6 is 22.9 Å². The van der Waals surface area contributed by atoms with Gasteiger partial charge in [0.15, 0.2) is 4.80 Å². The van der Waals surface area contributed by atoms with Gasteiger partial charge in [-0.2, -0.15) is 0 Å². The first-order valence-corrected chi connectivity index (χ1v) is 13.2. The van der Waals surface area contributed by atoms with Gasteiger partial charge in [-0.05, 0) is 56.2 Å². The number of ether oxygens (including phenoxy) is 1. The van der Waals surface area contributed by atoms with Gasteiger partial charge in [-0.25, -0.2) is 9.79 Å². The number of carbonyl (C=O) groups excluding carboxylic acids is 1. The van der Waals surface area contributed by atoms with Crippen molar-refractivity contribution >= 4 is 40.7 Å². The van der Waals surface area contributed by atoms with E-state index in [-0.39, 0.29) is 23.4 Å². The molecular weight excluding hydrogens is 542 g/mol. The Morgan fingerprint density at radius 1 is 1.21 bits per heavy atom. The quantitative estimate of drug-likeness (QED) is 0.186. The van der Waals surface area contributed by atoms with E-state index in [1.54, 1.807) is 62.4 Å². The largest absolute Gasteiger partial charge is 0.463 e. The standard InChI is InChI=1S/C28H22ClN3O6S/c1-4-37-27(34)24-16(3)30-28-31(25(24)17-6-8-18(29)9-7-17)26(33)23(39-28)14-20-11-12-22(38-20)21-13-19(32(35)36)10-5-15(21)2/h5-14,25H,4H2,1-3H3. The van der Waals surface area contributed by atoms with E-state index in [0.29, 0.717) is 42.7 Å². The topological polar surface area (TPSA) is 117 Å². The van der Waals surface area contributed by atoms with Gasteiger partial charge >= 0.3 is 5.97 Å². The SMILES string of the molecule is CCOC(=O)C1=C(C)N=c2sc(=Cc3ccc(-c4cc([N+](=O)[O-])ccc4C)o3)c(=O)n2C1c1ccc(Cl)cc1. The molecule has 3 heterocycles. The van der Waals surface area contributed by atoms with Crippen molar-refractivity contribution in [1.29, 1.82) is 0 Å². The lowest BCUT2D eigenvalue weighted by atomic mass is 9.96. The molecule has 1 aliphatic rings. The number of rotatable bonds is 6. The van der Waals surface area contributed by atoms with Crippen LogP contribution in [0.15, 0.2) is 80.1 Å². The first-order valence-electron chi connectivity index (χ1n) is 12.0. The number of carbonyl (C=O) groups is 1. The van der Waals surface area contributed by atoms with E-state index in [0.717, 1.165) is 5.56 Å². The summed E-state index contributed by atoms with van der Waals surface area (Å²) < 4.78 is 13.1. The number of esters is 1. The van der Waals surface area contributed by atoms with Crippen molar-refractivity contribution in [1.82, 2.24) is 4.57 Å². The van der Waals surface area contributed by atoms with Crippen LogP contribution in [-0.2, 0) is 9.53 Å². The zero-order valence-electron chi connectivity index (χ0n) is 21.1. The number of aromatic nitrogens is 1. The van der Waals surface area contributed by atoms with Crippen LogP contribution in [0.4, 0.5) is 5.69 Å². The smallest absolute Gasteiger partial charge is 0.338 e. The van der Waals surface area contributed by atoms with E-state index in [2.05, 4.69) is 4.99 Å². The Hall–Kier alpha value is -4.28. The summed E-state index contributed by atoms with van der Waals surface area (Å²) in [4.78, 5) is 42.4. The fraction of sp³-hybridized carbons (Fsp3) is 0.179. The maximum absolute atomic E-state index is 13.7. The molecule has 0 fully saturated rings. The van der Waals surface area contributed by atoms with Crippen LogP contribution in [0.2, 0.25) is 5.02 Å². The molecule has 4 aromatic rings. The number of hydrogen-bond donors (Lipinski definition) is 0. The number of aryl methyl sites for hydroxylation is 1. The third-order valence-electron chi connectivity index (χ3n) is 6.30. The molecule has 0 bridgehead atoms. The van der Waals surface area contributed by atoms with Gasteiger partial charge in [0.2, 0.25) is 0 Å². The third-order valence-corrected chi connectivity index (χ3v) is 7.54. The Kier molecular flexibility index (Phi) is 7.07. The van der Waals surface area contributed by atoms with Gasteiger partial charge in [-0.1, -0.05) is 41.1 Å². The van der Waals surface area contributed by atoms with Crippen LogP contribution in [0.1, 0.15) is 36.8 Å². The number of furan rings is 1. The van der Waals surface area contributed by atoms with E-state index in [1.807, 2.05) is 6.92 Å². The van der Waals surface area contributed by atoms with Crippen molar-refractivity contribution in [3.63, 3.8) is 0 Å². The van der Waals surface area contributed by atoms with Crippen LogP contribution in [0.3, 0.4) is 0 Å². The number of nitro groups is 1. The molecule has 0 N–H and O–H groups in total. The van der Waals surface area contributed by atoms with Crippen LogP contribution in [0.25, 0.3) is 17.4 Å². The number of nitrogens with zero attached hydrogens (tertiary/aromatic N) is 3. The maximum Gasteiger partial charge on any atom is 0.338 e. The monoisotopic (exact) mass is 563 g/mol. The number of benzene rings is 2. The average Bonchev–Trinajstić information content (AvgIpc) is 3.48. The molecule has 0 amide bonds. The first kappa shape index (κ1) is 26.3. The Labute approximate surface area is 231 Å². The molecule has 0 radical (unpaired) electrons. The first-order chi connectivity index (χ1) is 18.7. The minimum absolute atomic E-state index is 0.0446. The molecular formula is C28H22ClN3O6S. The molecule has 5 rings (SSSR count). The van der Waals surface area contributed by atoms with Gasteiger partial charge in [0, 0.05) is 28.8 Å². The number of hydrogen-bond acceptors (Lipinski definition) is 8. The molecule has 11 heteroatoms. The number of nitro benzene ring substituents is 1. The van der Waals surface area contributed by atoms with Crippen molar-refractivity contribution < 1.29 is 18.9 Å². The van der Waals surface area contributed by atoms with E-state index < -0.39 is 16.9 Å². The van der Waals surface area contributed by atoms with Gasteiger partial charge in [0.25, 0.3) is 11.2 Å². The third kappa shape index (κ3) is 4.96. The van der Waals surface area contributed by atoms with E-state index in [4.69, 9.17) is 20.8 Å². The molecule has 0 aliphatic carbocycles. The lowest BCUT2D eigenvalue weighted by molar-refractivity contribution is -0.384. The average molecular weight is 564 g/mol. The van der Waals surface area contributed by atoms with Gasteiger partial charge in [-0.15, -0.1) is 0 Å². The minimum Gasteiger partial charge on any atom is -0.463 e. The summed E-state index contributed by atoms with van der Waals surface area (Å²) in [5.41, 5.74) is 2.43. The van der Waals surface area contributed by atoms with Gasteiger partial charge in [0.05, 0.1) is 33.4 Å². The summed E-state index contributed by atoms with van der Waals surface area (Å²) in [5, 5.41) is 11.8. The highest BCUT2D eigenvalue weighted by Gasteiger charge is 2.33. The summed E-state index contributed by atoms with van der Waals surface area (Å²) in [6, 6.07) is 14.1. The maximum atomic E-state index is 13.7.